The number of hydrogen-bond acceptors (Lipinski definition) is 5. The summed E-state index contributed by atoms with van der Waals surface area (Å²) in [4.78, 5) is 28.6. The third kappa shape index (κ3) is 4.26. The fourth-order valence-electron chi connectivity index (χ4n) is 5.11. The van der Waals surface area contributed by atoms with E-state index in [4.69, 9.17) is 0 Å². The first-order valence-electron chi connectivity index (χ1n) is 11.5. The highest BCUT2D eigenvalue weighted by molar-refractivity contribution is 5.84. The van der Waals surface area contributed by atoms with Crippen molar-refractivity contribution in [2.45, 2.75) is 41.5 Å². The van der Waals surface area contributed by atoms with Gasteiger partial charge in [0, 0.05) is 43.6 Å². The van der Waals surface area contributed by atoms with E-state index in [1.165, 1.54) is 5.57 Å². The molecule has 8 heteroatoms. The molecule has 2 atom stereocenters. The van der Waals surface area contributed by atoms with Crippen LogP contribution in [0.15, 0.2) is 35.9 Å². The highest BCUT2D eigenvalue weighted by atomic mass is 16.6. The van der Waals surface area contributed by atoms with Crippen LogP contribution in [0.1, 0.15) is 39.1 Å². The number of amides is 1. The zero-order valence-corrected chi connectivity index (χ0v) is 20.3. The number of nitro groups is 1. The Morgan fingerprint density at radius 2 is 1.82 bits per heavy atom. The van der Waals surface area contributed by atoms with Gasteiger partial charge in [-0.2, -0.15) is 5.10 Å². The Labute approximate surface area is 195 Å². The summed E-state index contributed by atoms with van der Waals surface area (Å²) < 4.78 is 1.63. The van der Waals surface area contributed by atoms with E-state index in [1.54, 1.807) is 16.8 Å². The molecule has 176 valence electrons. The van der Waals surface area contributed by atoms with Crippen molar-refractivity contribution in [3.63, 3.8) is 0 Å². The van der Waals surface area contributed by atoms with Crippen LogP contribution in [0.2, 0.25) is 0 Å². The molecule has 2 aromatic rings. The third-order valence-corrected chi connectivity index (χ3v) is 7.04. The van der Waals surface area contributed by atoms with E-state index >= 15 is 0 Å². The summed E-state index contributed by atoms with van der Waals surface area (Å²) in [6.07, 6.45) is 2.23. The number of allylic oxidation sites excluding steroid dienone is 2. The molecule has 1 saturated heterocycles. The smallest absolute Gasteiger partial charge is 0.295 e. The van der Waals surface area contributed by atoms with Crippen LogP contribution in [0.5, 0.6) is 0 Å². The van der Waals surface area contributed by atoms with Gasteiger partial charge in [-0.15, -0.1) is 0 Å². The van der Waals surface area contributed by atoms with Gasteiger partial charge >= 0.3 is 0 Å². The van der Waals surface area contributed by atoms with Crippen molar-refractivity contribution in [2.75, 3.05) is 31.1 Å². The van der Waals surface area contributed by atoms with E-state index in [9.17, 15) is 14.9 Å². The topological polar surface area (TPSA) is 84.5 Å². The first-order valence-corrected chi connectivity index (χ1v) is 11.5. The number of carbonyl (C=O) groups excluding carboxylic acids is 1. The van der Waals surface area contributed by atoms with E-state index in [-0.39, 0.29) is 27.9 Å². The summed E-state index contributed by atoms with van der Waals surface area (Å²) in [7, 11) is 0. The Balaban J connectivity index is 1.50. The van der Waals surface area contributed by atoms with Crippen molar-refractivity contribution in [2.24, 2.45) is 17.3 Å². The number of anilines is 1. The monoisotopic (exact) mass is 451 g/mol. The van der Waals surface area contributed by atoms with E-state index in [0.29, 0.717) is 37.8 Å². The summed E-state index contributed by atoms with van der Waals surface area (Å²) in [6, 6.07) is 7.08. The molecule has 33 heavy (non-hydrogen) atoms. The molecule has 0 spiro atoms. The minimum absolute atomic E-state index is 0.0124. The van der Waals surface area contributed by atoms with Gasteiger partial charge in [0.25, 0.3) is 5.69 Å². The molecule has 4 rings (SSSR count). The van der Waals surface area contributed by atoms with Crippen LogP contribution in [0.25, 0.3) is 5.69 Å². The van der Waals surface area contributed by atoms with Crippen LogP contribution in [0.3, 0.4) is 0 Å². The second-order valence-corrected chi connectivity index (χ2v) is 10.2. The lowest BCUT2D eigenvalue weighted by atomic mass is 10.1. The number of hydrogen-bond donors (Lipinski definition) is 0. The van der Waals surface area contributed by atoms with Gasteiger partial charge in [-0.3, -0.25) is 14.9 Å². The Morgan fingerprint density at radius 1 is 1.15 bits per heavy atom. The van der Waals surface area contributed by atoms with Crippen molar-refractivity contribution in [3.8, 4) is 5.69 Å². The van der Waals surface area contributed by atoms with Gasteiger partial charge in [-0.05, 0) is 57.2 Å². The average Bonchev–Trinajstić information content (AvgIpc) is 3.10. The van der Waals surface area contributed by atoms with E-state index < -0.39 is 0 Å². The summed E-state index contributed by atoms with van der Waals surface area (Å²) in [5, 5.41) is 16.1. The molecule has 1 aliphatic carbocycles. The predicted octanol–water partition coefficient (Wildman–Crippen LogP) is 4.28. The summed E-state index contributed by atoms with van der Waals surface area (Å²) in [5.41, 5.74) is 4.33. The highest BCUT2D eigenvalue weighted by Gasteiger charge is 2.61. The molecule has 1 aromatic heterocycles. The SMILES string of the molecule is CC(C)=C[C@H]1[C@@H](C(=O)N2CCN(c3ccc([N+](=O)[O-])c(-n4nc(C)cc4C)c3)CC2)C1(C)C. The molecule has 0 bridgehead atoms. The number of aryl methyl sites for hydroxylation is 2. The third-order valence-electron chi connectivity index (χ3n) is 7.04. The molecular weight excluding hydrogens is 418 g/mol. The second kappa shape index (κ2) is 8.32. The Kier molecular flexibility index (Phi) is 5.80. The molecule has 8 nitrogen and oxygen atoms in total. The lowest BCUT2D eigenvalue weighted by Crippen LogP contribution is -2.49. The first kappa shape index (κ1) is 23.0. The van der Waals surface area contributed by atoms with Crippen LogP contribution in [-0.2, 0) is 4.79 Å². The second-order valence-electron chi connectivity index (χ2n) is 10.2. The molecular formula is C25H33N5O3. The highest BCUT2D eigenvalue weighted by Crippen LogP contribution is 2.60. The van der Waals surface area contributed by atoms with Crippen molar-refractivity contribution in [1.29, 1.82) is 0 Å². The number of benzene rings is 1. The van der Waals surface area contributed by atoms with Gasteiger partial charge < -0.3 is 9.80 Å². The molecule has 2 fully saturated rings. The summed E-state index contributed by atoms with van der Waals surface area (Å²) in [5.74, 6) is 0.608. The Bertz CT molecular complexity index is 1120. The molecule has 0 N–H and O–H groups in total. The summed E-state index contributed by atoms with van der Waals surface area (Å²) in [6.45, 7) is 15.0. The van der Waals surface area contributed by atoms with E-state index in [2.05, 4.69) is 43.8 Å². The van der Waals surface area contributed by atoms with Gasteiger partial charge in [0.05, 0.1) is 16.5 Å². The number of nitro benzene ring substituents is 1. The number of carbonyl (C=O) groups is 1. The molecule has 2 heterocycles. The van der Waals surface area contributed by atoms with Gasteiger partial charge in [0.1, 0.15) is 5.69 Å². The Morgan fingerprint density at radius 3 is 2.36 bits per heavy atom. The fourth-order valence-corrected chi connectivity index (χ4v) is 5.11. The molecule has 1 aliphatic heterocycles. The number of nitrogens with zero attached hydrogens (tertiary/aromatic N) is 5. The quantitative estimate of drug-likeness (QED) is 0.385. The van der Waals surface area contributed by atoms with Gasteiger partial charge in [-0.25, -0.2) is 4.68 Å². The number of piperazine rings is 1. The van der Waals surface area contributed by atoms with Crippen LogP contribution >= 0.6 is 0 Å². The summed E-state index contributed by atoms with van der Waals surface area (Å²) >= 11 is 0. The largest absolute Gasteiger partial charge is 0.368 e. The van der Waals surface area contributed by atoms with Crippen molar-refractivity contribution in [3.05, 3.63) is 57.4 Å². The maximum Gasteiger partial charge on any atom is 0.295 e. The molecule has 2 aliphatic rings. The van der Waals surface area contributed by atoms with Gasteiger partial charge in [0.15, 0.2) is 0 Å². The lowest BCUT2D eigenvalue weighted by Gasteiger charge is -2.36. The average molecular weight is 452 g/mol. The normalized spacial score (nSPS) is 21.6. The van der Waals surface area contributed by atoms with Crippen molar-refractivity contribution >= 4 is 17.3 Å². The first-order chi connectivity index (χ1) is 15.5. The van der Waals surface area contributed by atoms with E-state index in [0.717, 1.165) is 17.1 Å². The van der Waals surface area contributed by atoms with Crippen LogP contribution < -0.4 is 4.90 Å². The van der Waals surface area contributed by atoms with Crippen LogP contribution in [0, 0.1) is 41.2 Å². The van der Waals surface area contributed by atoms with Crippen molar-refractivity contribution < 1.29 is 9.72 Å². The molecule has 1 aromatic carbocycles. The maximum absolute atomic E-state index is 13.2. The fraction of sp³-hybridized carbons (Fsp3) is 0.520. The van der Waals surface area contributed by atoms with Crippen LogP contribution in [0.4, 0.5) is 11.4 Å². The molecule has 0 unspecified atom stereocenters. The number of rotatable bonds is 5. The minimum Gasteiger partial charge on any atom is -0.368 e. The van der Waals surface area contributed by atoms with E-state index in [1.807, 2.05) is 30.9 Å². The molecule has 1 amide bonds. The Hall–Kier alpha value is -3.16. The molecule has 1 saturated carbocycles. The number of aromatic nitrogens is 2. The minimum atomic E-state index is -0.369. The zero-order chi connectivity index (χ0) is 24.1. The van der Waals surface area contributed by atoms with Gasteiger partial charge in [-0.1, -0.05) is 25.5 Å². The molecule has 0 radical (unpaired) electrons. The predicted molar refractivity (Wildman–Crippen MR) is 129 cm³/mol. The van der Waals surface area contributed by atoms with Crippen LogP contribution in [-0.4, -0.2) is 51.7 Å². The maximum atomic E-state index is 13.2. The lowest BCUT2D eigenvalue weighted by molar-refractivity contribution is -0.384. The van der Waals surface area contributed by atoms with Crippen molar-refractivity contribution in [1.82, 2.24) is 14.7 Å². The standard InChI is InChI=1S/C25H33N5O3/c1-16(2)13-20-23(25(20,5)6)24(31)28-11-9-27(10-12-28)19-7-8-21(30(32)33)22(15-19)29-18(4)14-17(3)26-29/h7-8,13-15,20,23H,9-12H2,1-6H3/t20-,23-/m0/s1. The van der Waals surface area contributed by atoms with Gasteiger partial charge in [0.2, 0.25) is 5.91 Å². The zero-order valence-electron chi connectivity index (χ0n) is 20.3.